The van der Waals surface area contributed by atoms with Crippen molar-refractivity contribution in [1.82, 2.24) is 0 Å². The number of hydrogen-bond acceptors (Lipinski definition) is 10. The molecule has 0 aromatic carbocycles. The topological polar surface area (TPSA) is 121 Å². The van der Waals surface area contributed by atoms with Gasteiger partial charge >= 0.3 is 11.9 Å². The molecule has 2 bridgehead atoms. The molecule has 0 unspecified atom stereocenters. The smallest absolute Gasteiger partial charge is 0.348 e. The molecule has 0 saturated carbocycles. The highest BCUT2D eigenvalue weighted by Crippen LogP contribution is 2.48. The molecule has 2 saturated heterocycles. The summed E-state index contributed by atoms with van der Waals surface area (Å²) in [6, 6.07) is 3.45. The van der Waals surface area contributed by atoms with E-state index in [1.54, 1.807) is 42.7 Å². The Kier molecular flexibility index (Phi) is 10.6. The number of aliphatic hydroxyl groups is 2. The van der Waals surface area contributed by atoms with Gasteiger partial charge in [-0.2, -0.15) is 0 Å². The summed E-state index contributed by atoms with van der Waals surface area (Å²) >= 11 is 1.26. The summed E-state index contributed by atoms with van der Waals surface area (Å²) in [5.41, 5.74) is 0.0146. The van der Waals surface area contributed by atoms with Crippen LogP contribution in [-0.2, 0) is 28.5 Å². The van der Waals surface area contributed by atoms with Gasteiger partial charge in [-0.05, 0) is 60.4 Å². The molecule has 0 radical (unpaired) electrons. The van der Waals surface area contributed by atoms with E-state index in [0.717, 1.165) is 12.0 Å². The highest BCUT2D eigenvalue weighted by atomic mass is 32.1. The van der Waals surface area contributed by atoms with Crippen molar-refractivity contribution in [2.45, 2.75) is 115 Å². The Bertz CT molecular complexity index is 1540. The Labute approximate surface area is 293 Å². The van der Waals surface area contributed by atoms with Crippen molar-refractivity contribution >= 4 is 23.3 Å². The average molecular weight is 695 g/mol. The van der Waals surface area contributed by atoms with Gasteiger partial charge in [0.05, 0.1) is 24.9 Å². The van der Waals surface area contributed by atoms with Crippen molar-refractivity contribution in [3.8, 4) is 0 Å². The third kappa shape index (κ3) is 7.05. The summed E-state index contributed by atoms with van der Waals surface area (Å²) in [6.07, 6.45) is 11.6. The third-order valence-corrected chi connectivity index (χ3v) is 11.8. The monoisotopic (exact) mass is 694 g/mol. The standard InChI is InChI=1S/C39H50O9S/c1-7-22(2)33-25(5)15-16-38(48-33)20-29-19-28(47-38)14-13-24(4)32(40)23(3)10-8-11-27-21-44-35-34(46-37(42)31-12-9-17-49-31)26(6)18-30(36(41)45-29)39(27,35)43/h8-13,15-18,22-23,25,28-30,32-35,40,43H,7,14,19-21H2,1-6H3/b10-8+,24-13+,27-11+/t22-,23-,25-,28+,29-,30-,32-,33+,34+,35+,38+,39+/m0/s1. The SMILES string of the molecule is CC[C@H](C)[C@H]1O[C@]2(C=C[C@@H]1C)C[C@@H]1C[C@@H](C/C=C(\C)[C@@H](O)[C@@H](C)/C=C/C=C3\CO[C@@H]4[C@H](OC(=O)c5cccs5)C(C)=C[C@@H](C(=O)O1)[C@]34O)O2. The zero-order valence-corrected chi connectivity index (χ0v) is 30.1. The Morgan fingerprint density at radius 1 is 1.14 bits per heavy atom. The van der Waals surface area contributed by atoms with E-state index in [2.05, 4.69) is 26.8 Å². The Balaban J connectivity index is 1.38. The molecule has 5 heterocycles. The van der Waals surface area contributed by atoms with Crippen LogP contribution in [0.4, 0.5) is 0 Å². The molecule has 1 aromatic heterocycles. The molecule has 2 N–H and O–H groups in total. The fourth-order valence-corrected chi connectivity index (χ4v) is 8.46. The minimum Gasteiger partial charge on any atom is -0.462 e. The molecule has 0 amide bonds. The lowest BCUT2D eigenvalue weighted by atomic mass is 9.70. The molecule has 5 aliphatic rings. The minimum atomic E-state index is -1.85. The normalized spacial score (nSPS) is 42.9. The molecule has 49 heavy (non-hydrogen) atoms. The number of rotatable bonds is 4. The van der Waals surface area contributed by atoms with Gasteiger partial charge in [-0.15, -0.1) is 11.3 Å². The number of hydrogen-bond donors (Lipinski definition) is 2. The maximum Gasteiger partial charge on any atom is 0.348 e. The zero-order chi connectivity index (χ0) is 35.1. The van der Waals surface area contributed by atoms with Crippen LogP contribution in [0, 0.1) is 23.7 Å². The van der Waals surface area contributed by atoms with Crippen molar-refractivity contribution in [3.63, 3.8) is 0 Å². The molecule has 1 aliphatic carbocycles. The maximum atomic E-state index is 14.3. The Morgan fingerprint density at radius 2 is 1.94 bits per heavy atom. The second kappa shape index (κ2) is 14.4. The van der Waals surface area contributed by atoms with E-state index in [9.17, 15) is 19.8 Å². The number of esters is 2. The number of allylic oxidation sites excluding steroid dienone is 2. The highest BCUT2D eigenvalue weighted by Gasteiger charge is 2.61. The molecule has 266 valence electrons. The Hall–Kier alpha value is -2.86. The molecule has 1 aromatic rings. The highest BCUT2D eigenvalue weighted by molar-refractivity contribution is 7.11. The summed E-state index contributed by atoms with van der Waals surface area (Å²) in [5, 5.41) is 25.6. The second-order valence-corrected chi connectivity index (χ2v) is 15.5. The first kappa shape index (κ1) is 35.9. The van der Waals surface area contributed by atoms with Crippen LogP contribution in [0.5, 0.6) is 0 Å². The van der Waals surface area contributed by atoms with Crippen LogP contribution in [0.2, 0.25) is 0 Å². The fraction of sp³-hybridized carbons (Fsp3) is 0.590. The molecule has 10 heteroatoms. The first-order chi connectivity index (χ1) is 23.3. The largest absolute Gasteiger partial charge is 0.462 e. The Morgan fingerprint density at radius 3 is 2.67 bits per heavy atom. The summed E-state index contributed by atoms with van der Waals surface area (Å²) in [7, 11) is 0. The molecule has 2 fully saturated rings. The van der Waals surface area contributed by atoms with Crippen LogP contribution in [0.3, 0.4) is 0 Å². The van der Waals surface area contributed by atoms with E-state index >= 15 is 0 Å². The van der Waals surface area contributed by atoms with Crippen LogP contribution < -0.4 is 0 Å². The summed E-state index contributed by atoms with van der Waals surface area (Å²) < 4.78 is 31.9. The van der Waals surface area contributed by atoms with Crippen molar-refractivity contribution in [1.29, 1.82) is 0 Å². The van der Waals surface area contributed by atoms with Crippen molar-refractivity contribution in [2.75, 3.05) is 6.61 Å². The van der Waals surface area contributed by atoms with Gasteiger partial charge in [0.1, 0.15) is 28.6 Å². The quantitative estimate of drug-likeness (QED) is 0.279. The van der Waals surface area contributed by atoms with Gasteiger partial charge in [-0.1, -0.05) is 76.6 Å². The van der Waals surface area contributed by atoms with E-state index < -0.39 is 53.7 Å². The van der Waals surface area contributed by atoms with Gasteiger partial charge in [0.15, 0.2) is 11.9 Å². The van der Waals surface area contributed by atoms with Gasteiger partial charge in [0.2, 0.25) is 0 Å². The number of fused-ring (bicyclic) bond motifs is 2. The third-order valence-electron chi connectivity index (χ3n) is 11.0. The van der Waals surface area contributed by atoms with Crippen LogP contribution in [0.15, 0.2) is 76.8 Å². The van der Waals surface area contributed by atoms with Gasteiger partial charge in [0.25, 0.3) is 0 Å². The number of carbonyl (C=O) groups is 2. The predicted molar refractivity (Wildman–Crippen MR) is 186 cm³/mol. The maximum absolute atomic E-state index is 14.3. The zero-order valence-electron chi connectivity index (χ0n) is 29.2. The van der Waals surface area contributed by atoms with Crippen LogP contribution in [-0.4, -0.2) is 76.8 Å². The first-order valence-electron chi connectivity index (χ1n) is 17.6. The van der Waals surface area contributed by atoms with Gasteiger partial charge in [0, 0.05) is 24.7 Å². The molecular weight excluding hydrogens is 644 g/mol. The van der Waals surface area contributed by atoms with Gasteiger partial charge < -0.3 is 33.9 Å². The average Bonchev–Trinajstić information content (AvgIpc) is 3.74. The molecule has 4 aliphatic heterocycles. The van der Waals surface area contributed by atoms with Crippen molar-refractivity contribution in [2.24, 2.45) is 23.7 Å². The summed E-state index contributed by atoms with van der Waals surface area (Å²) in [6.45, 7) is 12.1. The number of carbonyl (C=O) groups excluding carboxylic acids is 2. The lowest BCUT2D eigenvalue weighted by Crippen LogP contribution is -2.59. The molecule has 9 nitrogen and oxygen atoms in total. The fourth-order valence-electron chi connectivity index (χ4n) is 7.86. The van der Waals surface area contributed by atoms with Gasteiger partial charge in [-0.25, -0.2) is 4.79 Å². The van der Waals surface area contributed by atoms with E-state index in [4.69, 9.17) is 23.7 Å². The van der Waals surface area contributed by atoms with E-state index in [1.807, 2.05) is 32.1 Å². The van der Waals surface area contributed by atoms with Crippen LogP contribution in [0.1, 0.15) is 76.9 Å². The van der Waals surface area contributed by atoms with Crippen molar-refractivity contribution in [3.05, 3.63) is 81.6 Å². The minimum absolute atomic E-state index is 0.0234. The van der Waals surface area contributed by atoms with Crippen LogP contribution in [0.25, 0.3) is 0 Å². The van der Waals surface area contributed by atoms with Crippen molar-refractivity contribution < 1.29 is 43.5 Å². The predicted octanol–water partition coefficient (Wildman–Crippen LogP) is 6.23. The molecule has 6 rings (SSSR count). The number of ether oxygens (including phenoxy) is 5. The van der Waals surface area contributed by atoms with E-state index in [0.29, 0.717) is 35.3 Å². The molecule has 12 atom stereocenters. The number of thiophene rings is 1. The van der Waals surface area contributed by atoms with Gasteiger partial charge in [-0.3, -0.25) is 4.79 Å². The number of aliphatic hydroxyl groups excluding tert-OH is 1. The van der Waals surface area contributed by atoms with E-state index in [-0.39, 0.29) is 36.6 Å². The van der Waals surface area contributed by atoms with E-state index in [1.165, 1.54) is 11.3 Å². The second-order valence-electron chi connectivity index (χ2n) is 14.5. The molecular formula is C39H50O9S. The summed E-state index contributed by atoms with van der Waals surface area (Å²) in [4.78, 5) is 27.8. The summed E-state index contributed by atoms with van der Waals surface area (Å²) in [5.74, 6) is -3.09. The lowest BCUT2D eigenvalue weighted by Gasteiger charge is -2.48. The first-order valence-corrected chi connectivity index (χ1v) is 18.5. The lowest BCUT2D eigenvalue weighted by molar-refractivity contribution is -0.300. The van der Waals surface area contributed by atoms with Crippen LogP contribution >= 0.6 is 11.3 Å². The molecule has 1 spiro atoms.